The number of carbonyl (C=O) groups is 1. The van der Waals surface area contributed by atoms with Crippen molar-refractivity contribution in [2.75, 3.05) is 27.2 Å². The Labute approximate surface area is 126 Å². The number of hydrogen-bond acceptors (Lipinski definition) is 3. The van der Waals surface area contributed by atoms with Gasteiger partial charge in [-0.25, -0.2) is 0 Å². The molecule has 0 aromatic heterocycles. The van der Waals surface area contributed by atoms with Gasteiger partial charge in [-0.2, -0.15) is 0 Å². The van der Waals surface area contributed by atoms with Crippen LogP contribution in [0.25, 0.3) is 0 Å². The van der Waals surface area contributed by atoms with E-state index in [0.717, 1.165) is 24.9 Å². The summed E-state index contributed by atoms with van der Waals surface area (Å²) in [6.07, 6.45) is 5.97. The number of fused-ring (bicyclic) bond motifs is 1. The Balaban J connectivity index is 1.97. The van der Waals surface area contributed by atoms with Gasteiger partial charge in [-0.1, -0.05) is 30.3 Å². The van der Waals surface area contributed by atoms with Gasteiger partial charge in [0.25, 0.3) is 0 Å². The molecule has 0 heterocycles. The number of benzene rings is 1. The van der Waals surface area contributed by atoms with E-state index in [2.05, 4.69) is 11.4 Å². The monoisotopic (exact) mass is 288 g/mol. The van der Waals surface area contributed by atoms with Crippen LogP contribution >= 0.6 is 0 Å². The lowest BCUT2D eigenvalue weighted by Gasteiger charge is -2.34. The summed E-state index contributed by atoms with van der Waals surface area (Å²) in [6.45, 7) is 0.982. The molecule has 0 aliphatic heterocycles. The molecule has 1 unspecified atom stereocenters. The number of aliphatic hydroxyl groups is 1. The van der Waals surface area contributed by atoms with Gasteiger partial charge in [0.15, 0.2) is 0 Å². The normalized spacial score (nSPS) is 21.5. The van der Waals surface area contributed by atoms with Crippen LogP contribution in [0.5, 0.6) is 0 Å². The summed E-state index contributed by atoms with van der Waals surface area (Å²) in [6, 6.07) is 7.95. The second-order valence-electron chi connectivity index (χ2n) is 5.92. The van der Waals surface area contributed by atoms with Gasteiger partial charge in [0.05, 0.1) is 6.54 Å². The predicted molar refractivity (Wildman–Crippen MR) is 84.0 cm³/mol. The fourth-order valence-electron chi connectivity index (χ4n) is 2.74. The first kappa shape index (κ1) is 15.7. The van der Waals surface area contributed by atoms with E-state index in [0.29, 0.717) is 6.42 Å². The molecule has 0 radical (unpaired) electrons. The molecule has 4 heteroatoms. The lowest BCUT2D eigenvalue weighted by Crippen LogP contribution is -2.42. The fraction of sp³-hybridized carbons (Fsp3) is 0.471. The number of likely N-dealkylation sites (N-methyl/N-ethyl adjacent to an activating group) is 1. The van der Waals surface area contributed by atoms with E-state index in [9.17, 15) is 9.90 Å². The van der Waals surface area contributed by atoms with Crippen molar-refractivity contribution in [3.8, 4) is 0 Å². The van der Waals surface area contributed by atoms with Crippen molar-refractivity contribution in [1.82, 2.24) is 10.2 Å². The molecule has 1 amide bonds. The molecule has 1 aromatic rings. The Kier molecular flexibility index (Phi) is 5.15. The predicted octanol–water partition coefficient (Wildman–Crippen LogP) is 1.44. The number of nitrogens with zero attached hydrogens (tertiary/aromatic N) is 1. The van der Waals surface area contributed by atoms with Crippen LogP contribution in [-0.2, 0) is 16.8 Å². The van der Waals surface area contributed by atoms with Crippen molar-refractivity contribution >= 4 is 5.91 Å². The molecule has 0 spiro atoms. The minimum atomic E-state index is -0.945. The van der Waals surface area contributed by atoms with Crippen LogP contribution in [0.1, 0.15) is 24.0 Å². The summed E-state index contributed by atoms with van der Waals surface area (Å²) < 4.78 is 0. The number of rotatable bonds is 5. The maximum absolute atomic E-state index is 11.8. The Hall–Kier alpha value is -1.65. The molecule has 21 heavy (non-hydrogen) atoms. The van der Waals surface area contributed by atoms with Gasteiger partial charge < -0.3 is 15.3 Å². The van der Waals surface area contributed by atoms with Crippen molar-refractivity contribution in [2.24, 2.45) is 0 Å². The van der Waals surface area contributed by atoms with Crippen molar-refractivity contribution < 1.29 is 9.90 Å². The molecule has 0 saturated carbocycles. The first-order valence-corrected chi connectivity index (χ1v) is 7.41. The van der Waals surface area contributed by atoms with Crippen molar-refractivity contribution in [3.05, 3.63) is 47.5 Å². The minimum absolute atomic E-state index is 0.159. The number of aryl methyl sites for hydroxylation is 1. The molecule has 2 rings (SSSR count). The van der Waals surface area contributed by atoms with Crippen molar-refractivity contribution in [2.45, 2.75) is 24.9 Å². The molecule has 1 aromatic carbocycles. The summed E-state index contributed by atoms with van der Waals surface area (Å²) in [7, 11) is 3.90. The average Bonchev–Trinajstić information content (AvgIpc) is 2.45. The van der Waals surface area contributed by atoms with E-state index in [1.165, 1.54) is 11.6 Å². The zero-order valence-electron chi connectivity index (χ0n) is 12.8. The van der Waals surface area contributed by atoms with Crippen LogP contribution in [0.3, 0.4) is 0 Å². The summed E-state index contributed by atoms with van der Waals surface area (Å²) >= 11 is 0. The summed E-state index contributed by atoms with van der Waals surface area (Å²) in [4.78, 5) is 13.8. The van der Waals surface area contributed by atoms with Crippen molar-refractivity contribution in [3.63, 3.8) is 0 Å². The van der Waals surface area contributed by atoms with E-state index in [-0.39, 0.29) is 12.5 Å². The minimum Gasteiger partial charge on any atom is -0.383 e. The molecule has 1 aliphatic carbocycles. The van der Waals surface area contributed by atoms with Gasteiger partial charge in [-0.3, -0.25) is 4.79 Å². The van der Waals surface area contributed by atoms with E-state index in [4.69, 9.17) is 0 Å². The third kappa shape index (κ3) is 4.16. The summed E-state index contributed by atoms with van der Waals surface area (Å²) in [5.74, 6) is -0.159. The van der Waals surface area contributed by atoms with Crippen LogP contribution in [0.4, 0.5) is 0 Å². The third-order valence-corrected chi connectivity index (χ3v) is 3.85. The molecular weight excluding hydrogens is 264 g/mol. The van der Waals surface area contributed by atoms with Gasteiger partial charge in [-0.05, 0) is 44.5 Å². The lowest BCUT2D eigenvalue weighted by molar-refractivity contribution is -0.118. The SMILES string of the molecule is CN(C)CC=CC(=O)NCC1(O)CCCc2ccccc21. The highest BCUT2D eigenvalue weighted by Gasteiger charge is 2.34. The second kappa shape index (κ2) is 6.87. The highest BCUT2D eigenvalue weighted by molar-refractivity contribution is 5.87. The largest absolute Gasteiger partial charge is 0.383 e. The van der Waals surface area contributed by atoms with Crippen LogP contribution in [0.15, 0.2) is 36.4 Å². The van der Waals surface area contributed by atoms with E-state index in [1.807, 2.05) is 43.3 Å². The molecule has 0 fully saturated rings. The summed E-state index contributed by atoms with van der Waals surface area (Å²) in [5, 5.41) is 13.7. The van der Waals surface area contributed by atoms with Crippen LogP contribution in [-0.4, -0.2) is 43.1 Å². The van der Waals surface area contributed by atoms with Gasteiger partial charge in [0.2, 0.25) is 5.91 Å². The highest BCUT2D eigenvalue weighted by Crippen LogP contribution is 2.34. The number of hydrogen-bond donors (Lipinski definition) is 2. The number of carbonyl (C=O) groups excluding carboxylic acids is 1. The Morgan fingerprint density at radius 3 is 2.95 bits per heavy atom. The Bertz CT molecular complexity index is 525. The second-order valence-corrected chi connectivity index (χ2v) is 5.92. The quantitative estimate of drug-likeness (QED) is 0.806. The summed E-state index contributed by atoms with van der Waals surface area (Å²) in [5.41, 5.74) is 1.19. The topological polar surface area (TPSA) is 52.6 Å². The fourth-order valence-corrected chi connectivity index (χ4v) is 2.74. The molecule has 1 aliphatic rings. The van der Waals surface area contributed by atoms with E-state index in [1.54, 1.807) is 0 Å². The molecule has 1 atom stereocenters. The zero-order chi connectivity index (χ0) is 15.3. The van der Waals surface area contributed by atoms with Crippen LogP contribution < -0.4 is 5.32 Å². The molecule has 4 nitrogen and oxygen atoms in total. The van der Waals surface area contributed by atoms with Crippen LogP contribution in [0.2, 0.25) is 0 Å². The maximum Gasteiger partial charge on any atom is 0.243 e. The molecule has 114 valence electrons. The van der Waals surface area contributed by atoms with Gasteiger partial charge in [-0.15, -0.1) is 0 Å². The molecule has 2 N–H and O–H groups in total. The van der Waals surface area contributed by atoms with E-state index < -0.39 is 5.60 Å². The number of amides is 1. The zero-order valence-corrected chi connectivity index (χ0v) is 12.8. The highest BCUT2D eigenvalue weighted by atomic mass is 16.3. The first-order valence-electron chi connectivity index (χ1n) is 7.41. The van der Waals surface area contributed by atoms with Crippen molar-refractivity contribution in [1.29, 1.82) is 0 Å². The molecular formula is C17H24N2O2. The van der Waals surface area contributed by atoms with Gasteiger partial charge in [0, 0.05) is 12.6 Å². The first-order chi connectivity index (χ1) is 10.0. The Morgan fingerprint density at radius 1 is 1.43 bits per heavy atom. The smallest absolute Gasteiger partial charge is 0.243 e. The molecule has 0 bridgehead atoms. The third-order valence-electron chi connectivity index (χ3n) is 3.85. The molecule has 0 saturated heterocycles. The average molecular weight is 288 g/mol. The van der Waals surface area contributed by atoms with Gasteiger partial charge in [0.1, 0.15) is 5.60 Å². The Morgan fingerprint density at radius 2 is 2.19 bits per heavy atom. The van der Waals surface area contributed by atoms with Gasteiger partial charge >= 0.3 is 0 Å². The van der Waals surface area contributed by atoms with E-state index >= 15 is 0 Å². The maximum atomic E-state index is 11.8. The lowest BCUT2D eigenvalue weighted by atomic mass is 9.79. The van der Waals surface area contributed by atoms with Crippen LogP contribution in [0, 0.1) is 0 Å². The standard InChI is InChI=1S/C17H24N2O2/c1-19(2)12-6-10-16(20)18-13-17(21)11-5-8-14-7-3-4-9-15(14)17/h3-4,6-7,9-10,21H,5,8,11-13H2,1-2H3,(H,18,20). The number of nitrogens with one attached hydrogen (secondary N) is 1.